The topological polar surface area (TPSA) is 40.5 Å². The van der Waals surface area contributed by atoms with Gasteiger partial charge in [0, 0.05) is 22.6 Å². The van der Waals surface area contributed by atoms with E-state index in [1.807, 2.05) is 32.9 Å². The number of rotatable bonds is 4. The summed E-state index contributed by atoms with van der Waals surface area (Å²) in [4.78, 5) is 13.9. The number of aryl methyl sites for hydroxylation is 1. The van der Waals surface area contributed by atoms with Crippen LogP contribution in [0.5, 0.6) is 0 Å². The van der Waals surface area contributed by atoms with Gasteiger partial charge in [-0.3, -0.25) is 4.79 Å². The van der Waals surface area contributed by atoms with Crippen LogP contribution in [0.2, 0.25) is 0 Å². The van der Waals surface area contributed by atoms with E-state index in [0.717, 1.165) is 10.0 Å². The van der Waals surface area contributed by atoms with E-state index in [1.54, 1.807) is 11.0 Å². The minimum absolute atomic E-state index is 0.0145. The van der Waals surface area contributed by atoms with E-state index in [4.69, 9.17) is 5.11 Å². The fourth-order valence-electron chi connectivity index (χ4n) is 1.65. The molecule has 0 bridgehead atoms. The Hall–Kier alpha value is -0.870. The Kier molecular flexibility index (Phi) is 5.15. The molecule has 3 nitrogen and oxygen atoms in total. The molecule has 0 aromatic heterocycles. The Morgan fingerprint density at radius 3 is 2.59 bits per heavy atom. The lowest BCUT2D eigenvalue weighted by atomic mass is 10.1. The zero-order valence-corrected chi connectivity index (χ0v) is 12.0. The summed E-state index contributed by atoms with van der Waals surface area (Å²) in [7, 11) is 0. The van der Waals surface area contributed by atoms with Gasteiger partial charge >= 0.3 is 0 Å². The highest BCUT2D eigenvalue weighted by Crippen LogP contribution is 2.18. The Morgan fingerprint density at radius 1 is 1.47 bits per heavy atom. The number of benzene rings is 1. The van der Waals surface area contributed by atoms with E-state index in [-0.39, 0.29) is 18.6 Å². The third-order valence-corrected chi connectivity index (χ3v) is 3.52. The molecule has 1 aromatic rings. The summed E-state index contributed by atoms with van der Waals surface area (Å²) < 4.78 is 0.993. The molecule has 0 saturated carbocycles. The van der Waals surface area contributed by atoms with Crippen molar-refractivity contribution in [3.63, 3.8) is 0 Å². The molecular weight excluding hydrogens is 282 g/mol. The Morgan fingerprint density at radius 2 is 2.12 bits per heavy atom. The second-order valence-electron chi connectivity index (χ2n) is 4.28. The fraction of sp³-hybridized carbons (Fsp3) is 0.462. The summed E-state index contributed by atoms with van der Waals surface area (Å²) in [5.41, 5.74) is 1.69. The first-order valence-electron chi connectivity index (χ1n) is 5.65. The zero-order valence-electron chi connectivity index (χ0n) is 10.4. The smallest absolute Gasteiger partial charge is 0.254 e. The molecule has 17 heavy (non-hydrogen) atoms. The predicted molar refractivity (Wildman–Crippen MR) is 72.1 cm³/mol. The lowest BCUT2D eigenvalue weighted by molar-refractivity contribution is 0.0665. The first kappa shape index (κ1) is 14.2. The standard InChI is InChI=1S/C13H18BrNO2/c1-9(2)15(6-7-16)13(17)11-4-5-12(14)10(3)8-11/h4-5,8-9,16H,6-7H2,1-3H3. The van der Waals surface area contributed by atoms with Crippen LogP contribution in [0.25, 0.3) is 0 Å². The number of hydrogen-bond donors (Lipinski definition) is 1. The van der Waals surface area contributed by atoms with Crippen LogP contribution in [0, 0.1) is 6.92 Å². The molecule has 0 fully saturated rings. The molecule has 0 aliphatic carbocycles. The summed E-state index contributed by atoms with van der Waals surface area (Å²) in [5.74, 6) is -0.0374. The molecule has 4 heteroatoms. The highest BCUT2D eigenvalue weighted by atomic mass is 79.9. The van der Waals surface area contributed by atoms with Crippen molar-refractivity contribution < 1.29 is 9.90 Å². The van der Waals surface area contributed by atoms with Gasteiger partial charge in [-0.2, -0.15) is 0 Å². The van der Waals surface area contributed by atoms with Crippen molar-refractivity contribution >= 4 is 21.8 Å². The Bertz CT molecular complexity index is 404. The van der Waals surface area contributed by atoms with Crippen molar-refractivity contribution in [2.75, 3.05) is 13.2 Å². The molecule has 1 amide bonds. The van der Waals surface area contributed by atoms with Gasteiger partial charge in [-0.15, -0.1) is 0 Å². The molecule has 0 unspecified atom stereocenters. The van der Waals surface area contributed by atoms with E-state index in [1.165, 1.54) is 0 Å². The van der Waals surface area contributed by atoms with E-state index in [2.05, 4.69) is 15.9 Å². The van der Waals surface area contributed by atoms with Gasteiger partial charge in [-0.1, -0.05) is 15.9 Å². The summed E-state index contributed by atoms with van der Waals surface area (Å²) >= 11 is 3.41. The first-order valence-corrected chi connectivity index (χ1v) is 6.44. The molecule has 0 heterocycles. The molecule has 0 saturated heterocycles. The van der Waals surface area contributed by atoms with Crippen molar-refractivity contribution in [3.8, 4) is 0 Å². The van der Waals surface area contributed by atoms with Crippen LogP contribution in [0.15, 0.2) is 22.7 Å². The number of nitrogens with zero attached hydrogens (tertiary/aromatic N) is 1. The number of carbonyl (C=O) groups excluding carboxylic acids is 1. The number of halogens is 1. The number of amides is 1. The van der Waals surface area contributed by atoms with Crippen molar-refractivity contribution in [2.24, 2.45) is 0 Å². The van der Waals surface area contributed by atoms with Gasteiger partial charge in [0.1, 0.15) is 0 Å². The van der Waals surface area contributed by atoms with Crippen molar-refractivity contribution in [2.45, 2.75) is 26.8 Å². The van der Waals surface area contributed by atoms with Crippen molar-refractivity contribution in [1.82, 2.24) is 4.90 Å². The van der Waals surface area contributed by atoms with Crippen LogP contribution in [0.1, 0.15) is 29.8 Å². The van der Waals surface area contributed by atoms with Gasteiger partial charge in [0.25, 0.3) is 5.91 Å². The van der Waals surface area contributed by atoms with Crippen LogP contribution >= 0.6 is 15.9 Å². The highest BCUT2D eigenvalue weighted by molar-refractivity contribution is 9.10. The molecule has 0 spiro atoms. The van der Waals surface area contributed by atoms with E-state index in [9.17, 15) is 4.79 Å². The number of carbonyl (C=O) groups is 1. The maximum absolute atomic E-state index is 12.2. The molecular formula is C13H18BrNO2. The molecule has 94 valence electrons. The van der Waals surface area contributed by atoms with Gasteiger partial charge in [-0.05, 0) is 44.5 Å². The van der Waals surface area contributed by atoms with Crippen LogP contribution in [-0.4, -0.2) is 35.1 Å². The lowest BCUT2D eigenvalue weighted by Gasteiger charge is -2.26. The molecule has 1 N–H and O–H groups in total. The number of aliphatic hydroxyl groups is 1. The summed E-state index contributed by atoms with van der Waals surface area (Å²) in [6, 6.07) is 5.62. The second-order valence-corrected chi connectivity index (χ2v) is 5.13. The molecule has 1 aromatic carbocycles. The number of hydrogen-bond acceptors (Lipinski definition) is 2. The lowest BCUT2D eigenvalue weighted by Crippen LogP contribution is -2.39. The molecule has 0 aliphatic heterocycles. The van der Waals surface area contributed by atoms with Gasteiger partial charge in [0.05, 0.1) is 6.61 Å². The minimum atomic E-state index is -0.0374. The zero-order chi connectivity index (χ0) is 13.0. The van der Waals surface area contributed by atoms with E-state index in [0.29, 0.717) is 12.1 Å². The quantitative estimate of drug-likeness (QED) is 0.928. The van der Waals surface area contributed by atoms with Gasteiger partial charge < -0.3 is 10.0 Å². The minimum Gasteiger partial charge on any atom is -0.395 e. The second kappa shape index (κ2) is 6.17. The third-order valence-electron chi connectivity index (χ3n) is 2.63. The first-order chi connectivity index (χ1) is 7.97. The summed E-state index contributed by atoms with van der Waals surface area (Å²) in [6.45, 7) is 6.19. The van der Waals surface area contributed by atoms with E-state index < -0.39 is 0 Å². The molecule has 0 aliphatic rings. The summed E-state index contributed by atoms with van der Waals surface area (Å²) in [5, 5.41) is 8.98. The summed E-state index contributed by atoms with van der Waals surface area (Å²) in [6.07, 6.45) is 0. The maximum atomic E-state index is 12.2. The van der Waals surface area contributed by atoms with E-state index >= 15 is 0 Å². The largest absolute Gasteiger partial charge is 0.395 e. The Balaban J connectivity index is 2.97. The third kappa shape index (κ3) is 3.54. The van der Waals surface area contributed by atoms with Gasteiger partial charge in [0.2, 0.25) is 0 Å². The fourth-order valence-corrected chi connectivity index (χ4v) is 1.89. The Labute approximate surface area is 111 Å². The molecule has 0 atom stereocenters. The number of aliphatic hydroxyl groups excluding tert-OH is 1. The monoisotopic (exact) mass is 299 g/mol. The maximum Gasteiger partial charge on any atom is 0.254 e. The van der Waals surface area contributed by atoms with Gasteiger partial charge in [-0.25, -0.2) is 0 Å². The van der Waals surface area contributed by atoms with Crippen LogP contribution in [-0.2, 0) is 0 Å². The van der Waals surface area contributed by atoms with Crippen LogP contribution in [0.3, 0.4) is 0 Å². The molecule has 0 radical (unpaired) electrons. The van der Waals surface area contributed by atoms with Crippen LogP contribution in [0.4, 0.5) is 0 Å². The van der Waals surface area contributed by atoms with Gasteiger partial charge in [0.15, 0.2) is 0 Å². The SMILES string of the molecule is Cc1cc(C(=O)N(CCO)C(C)C)ccc1Br. The molecule has 1 rings (SSSR count). The van der Waals surface area contributed by atoms with Crippen molar-refractivity contribution in [1.29, 1.82) is 0 Å². The average Bonchev–Trinajstić information content (AvgIpc) is 2.28. The normalized spacial score (nSPS) is 10.7. The van der Waals surface area contributed by atoms with Crippen LogP contribution < -0.4 is 0 Å². The average molecular weight is 300 g/mol. The predicted octanol–water partition coefficient (Wildman–Crippen LogP) is 2.60. The highest BCUT2D eigenvalue weighted by Gasteiger charge is 2.18. The van der Waals surface area contributed by atoms with Crippen molar-refractivity contribution in [3.05, 3.63) is 33.8 Å².